The van der Waals surface area contributed by atoms with Crippen molar-refractivity contribution in [3.8, 4) is 0 Å². The highest BCUT2D eigenvalue weighted by Crippen LogP contribution is 2.28. The minimum atomic E-state index is 0.281. The Balaban J connectivity index is 2.29. The number of rotatable bonds is 5. The molecular formula is C14H20ClN3S. The third-order valence-corrected chi connectivity index (χ3v) is 4.84. The van der Waals surface area contributed by atoms with Crippen LogP contribution in [0.5, 0.6) is 0 Å². The van der Waals surface area contributed by atoms with Crippen molar-refractivity contribution in [3.05, 3.63) is 38.3 Å². The molecule has 2 rings (SSSR count). The zero-order valence-corrected chi connectivity index (χ0v) is 13.4. The maximum Gasteiger partial charge on any atom is 0.0850 e. The number of aromatic nitrogens is 2. The first-order chi connectivity index (χ1) is 9.08. The van der Waals surface area contributed by atoms with Crippen LogP contribution in [0.25, 0.3) is 0 Å². The average molecular weight is 298 g/mol. The molecule has 3 nitrogen and oxygen atoms in total. The van der Waals surface area contributed by atoms with Crippen molar-refractivity contribution in [3.63, 3.8) is 0 Å². The molecule has 0 fully saturated rings. The van der Waals surface area contributed by atoms with Gasteiger partial charge in [0.05, 0.1) is 16.4 Å². The van der Waals surface area contributed by atoms with Gasteiger partial charge in [0.15, 0.2) is 0 Å². The predicted octanol–water partition coefficient (Wildman–Crippen LogP) is 3.51. The van der Waals surface area contributed by atoms with E-state index in [0.29, 0.717) is 0 Å². The fourth-order valence-corrected chi connectivity index (χ4v) is 3.61. The number of thiophene rings is 1. The molecule has 104 valence electrons. The van der Waals surface area contributed by atoms with Gasteiger partial charge in [-0.15, -0.1) is 0 Å². The Morgan fingerprint density at radius 3 is 2.68 bits per heavy atom. The number of halogens is 1. The summed E-state index contributed by atoms with van der Waals surface area (Å²) in [7, 11) is 3.96. The lowest BCUT2D eigenvalue weighted by atomic mass is 10.0. The topological polar surface area (TPSA) is 29.9 Å². The fraction of sp³-hybridized carbons (Fsp3) is 0.500. The van der Waals surface area contributed by atoms with Crippen LogP contribution in [-0.4, -0.2) is 16.8 Å². The summed E-state index contributed by atoms with van der Waals surface area (Å²) in [4.78, 5) is 0. The lowest BCUT2D eigenvalue weighted by molar-refractivity contribution is 0.560. The molecule has 5 heteroatoms. The zero-order valence-electron chi connectivity index (χ0n) is 11.8. The summed E-state index contributed by atoms with van der Waals surface area (Å²) in [5, 5.41) is 13.1. The minimum absolute atomic E-state index is 0.281. The number of likely N-dealkylation sites (N-methyl/N-ethyl adjacent to an activating group) is 1. The van der Waals surface area contributed by atoms with E-state index < -0.39 is 0 Å². The van der Waals surface area contributed by atoms with E-state index in [2.05, 4.69) is 35.0 Å². The van der Waals surface area contributed by atoms with Crippen molar-refractivity contribution in [2.45, 2.75) is 32.7 Å². The Morgan fingerprint density at radius 2 is 2.21 bits per heavy atom. The van der Waals surface area contributed by atoms with Gasteiger partial charge in [0, 0.05) is 19.5 Å². The summed E-state index contributed by atoms with van der Waals surface area (Å²) in [6.07, 6.45) is 1.73. The molecule has 0 aliphatic rings. The van der Waals surface area contributed by atoms with Crippen LogP contribution < -0.4 is 5.32 Å². The molecule has 0 spiro atoms. The normalized spacial score (nSPS) is 12.9. The fourth-order valence-electron chi connectivity index (χ4n) is 2.33. The Bertz CT molecular complexity index is 559. The summed E-state index contributed by atoms with van der Waals surface area (Å²) < 4.78 is 1.91. The van der Waals surface area contributed by atoms with E-state index in [1.165, 1.54) is 11.1 Å². The summed E-state index contributed by atoms with van der Waals surface area (Å²) in [5.41, 5.74) is 4.76. The Labute approximate surface area is 123 Å². The van der Waals surface area contributed by atoms with Crippen LogP contribution in [0.1, 0.15) is 35.5 Å². The maximum absolute atomic E-state index is 6.42. The standard InChI is InChI=1S/C14H20ClN3S/c1-5-11-14(15)13(18(4)17-11)6-12(16-3)10-8-19-7-9(10)2/h7-8,12,16H,5-6H2,1-4H3. The second-order valence-corrected chi connectivity index (χ2v) is 5.86. The molecule has 0 saturated heterocycles. The van der Waals surface area contributed by atoms with Crippen molar-refractivity contribution < 1.29 is 0 Å². The first-order valence-corrected chi connectivity index (χ1v) is 7.80. The molecule has 2 aromatic heterocycles. The van der Waals surface area contributed by atoms with Gasteiger partial charge in [-0.25, -0.2) is 0 Å². The molecule has 0 aliphatic carbocycles. The summed E-state index contributed by atoms with van der Waals surface area (Å²) in [6.45, 7) is 4.23. The van der Waals surface area contributed by atoms with Crippen molar-refractivity contribution in [1.82, 2.24) is 15.1 Å². The molecule has 1 unspecified atom stereocenters. The lowest BCUT2D eigenvalue weighted by Gasteiger charge is -2.16. The number of aryl methyl sites for hydroxylation is 3. The average Bonchev–Trinajstić information content (AvgIpc) is 2.93. The van der Waals surface area contributed by atoms with Gasteiger partial charge in [-0.1, -0.05) is 18.5 Å². The molecule has 0 saturated carbocycles. The monoisotopic (exact) mass is 297 g/mol. The molecule has 0 bridgehead atoms. The van der Waals surface area contributed by atoms with Gasteiger partial charge in [0.1, 0.15) is 0 Å². The highest BCUT2D eigenvalue weighted by atomic mass is 35.5. The number of nitrogens with zero attached hydrogens (tertiary/aromatic N) is 2. The number of hydrogen-bond donors (Lipinski definition) is 1. The lowest BCUT2D eigenvalue weighted by Crippen LogP contribution is -2.20. The van der Waals surface area contributed by atoms with E-state index in [0.717, 1.165) is 29.3 Å². The molecule has 2 heterocycles. The van der Waals surface area contributed by atoms with Gasteiger partial charge in [-0.3, -0.25) is 4.68 Å². The molecule has 0 amide bonds. The first kappa shape index (κ1) is 14.6. The number of hydrogen-bond acceptors (Lipinski definition) is 3. The number of nitrogens with one attached hydrogen (secondary N) is 1. The Kier molecular flexibility index (Phi) is 4.66. The molecule has 1 atom stereocenters. The van der Waals surface area contributed by atoms with Crippen molar-refractivity contribution in [1.29, 1.82) is 0 Å². The molecule has 1 N–H and O–H groups in total. The van der Waals surface area contributed by atoms with Crippen molar-refractivity contribution >= 4 is 22.9 Å². The van der Waals surface area contributed by atoms with Crippen LogP contribution in [-0.2, 0) is 19.9 Å². The van der Waals surface area contributed by atoms with E-state index in [-0.39, 0.29) is 6.04 Å². The van der Waals surface area contributed by atoms with E-state index in [1.807, 2.05) is 18.8 Å². The van der Waals surface area contributed by atoms with Crippen LogP contribution in [0.4, 0.5) is 0 Å². The van der Waals surface area contributed by atoms with Crippen molar-refractivity contribution in [2.75, 3.05) is 7.05 Å². The van der Waals surface area contributed by atoms with E-state index in [9.17, 15) is 0 Å². The summed E-state index contributed by atoms with van der Waals surface area (Å²) >= 11 is 8.17. The molecule has 0 aliphatic heterocycles. The smallest absolute Gasteiger partial charge is 0.0850 e. The Morgan fingerprint density at radius 1 is 1.47 bits per heavy atom. The van der Waals surface area contributed by atoms with Crippen LogP contribution in [0.3, 0.4) is 0 Å². The Hall–Kier alpha value is -0.840. The van der Waals surface area contributed by atoms with Crippen LogP contribution in [0, 0.1) is 6.92 Å². The van der Waals surface area contributed by atoms with Crippen LogP contribution in [0.15, 0.2) is 10.8 Å². The molecule has 2 aromatic rings. The largest absolute Gasteiger partial charge is 0.313 e. The van der Waals surface area contributed by atoms with Gasteiger partial charge in [0.2, 0.25) is 0 Å². The van der Waals surface area contributed by atoms with E-state index >= 15 is 0 Å². The van der Waals surface area contributed by atoms with Gasteiger partial charge < -0.3 is 5.32 Å². The summed E-state index contributed by atoms with van der Waals surface area (Å²) in [5.74, 6) is 0. The van der Waals surface area contributed by atoms with E-state index in [4.69, 9.17) is 11.6 Å². The van der Waals surface area contributed by atoms with Crippen LogP contribution >= 0.6 is 22.9 Å². The molecule has 0 radical (unpaired) electrons. The van der Waals surface area contributed by atoms with Gasteiger partial charge in [-0.2, -0.15) is 16.4 Å². The van der Waals surface area contributed by atoms with Gasteiger partial charge in [-0.05, 0) is 42.3 Å². The third kappa shape index (κ3) is 2.86. The highest BCUT2D eigenvalue weighted by Gasteiger charge is 2.19. The molecular weight excluding hydrogens is 278 g/mol. The summed E-state index contributed by atoms with van der Waals surface area (Å²) in [6, 6.07) is 0.281. The second kappa shape index (κ2) is 6.07. The molecule has 19 heavy (non-hydrogen) atoms. The first-order valence-electron chi connectivity index (χ1n) is 6.48. The third-order valence-electron chi connectivity index (χ3n) is 3.52. The zero-order chi connectivity index (χ0) is 14.0. The van der Waals surface area contributed by atoms with E-state index in [1.54, 1.807) is 11.3 Å². The quantitative estimate of drug-likeness (QED) is 0.915. The second-order valence-electron chi connectivity index (χ2n) is 4.74. The van der Waals surface area contributed by atoms with Crippen LogP contribution in [0.2, 0.25) is 5.02 Å². The SMILES string of the molecule is CCc1nn(C)c(CC(NC)c2cscc2C)c1Cl. The minimum Gasteiger partial charge on any atom is -0.313 e. The highest BCUT2D eigenvalue weighted by molar-refractivity contribution is 7.08. The van der Waals surface area contributed by atoms with Gasteiger partial charge >= 0.3 is 0 Å². The predicted molar refractivity (Wildman–Crippen MR) is 82.2 cm³/mol. The maximum atomic E-state index is 6.42. The molecule has 0 aromatic carbocycles. The van der Waals surface area contributed by atoms with Gasteiger partial charge in [0.25, 0.3) is 0 Å². The van der Waals surface area contributed by atoms with Crippen molar-refractivity contribution in [2.24, 2.45) is 7.05 Å².